The summed E-state index contributed by atoms with van der Waals surface area (Å²) in [4.78, 5) is 13.8. The molecular formula is C35H38ClNNaO3S. The zero-order valence-electron chi connectivity index (χ0n) is 24.9. The molecule has 5 rings (SSSR count). The number of thioether (sulfide) groups is 1. The molecule has 0 saturated heterocycles. The maximum absolute atomic E-state index is 10.9. The number of hydrogen-bond acceptors (Lipinski definition) is 4. The van der Waals surface area contributed by atoms with E-state index in [2.05, 4.69) is 72.4 Å². The molecule has 3 aromatic carbocycles. The van der Waals surface area contributed by atoms with Crippen molar-refractivity contribution < 1.29 is 15.0 Å². The zero-order chi connectivity index (χ0) is 29.4. The van der Waals surface area contributed by atoms with Crippen LogP contribution in [0.15, 0.2) is 78.9 Å². The third-order valence-electron chi connectivity index (χ3n) is 7.03. The van der Waals surface area contributed by atoms with Gasteiger partial charge in [0, 0.05) is 52.8 Å². The summed E-state index contributed by atoms with van der Waals surface area (Å²) in [6.45, 7) is 4.85. The van der Waals surface area contributed by atoms with E-state index in [4.69, 9.17) is 26.5 Å². The fourth-order valence-electron chi connectivity index (χ4n) is 4.86. The predicted octanol–water partition coefficient (Wildman–Crippen LogP) is 8.66. The number of benzene rings is 3. The number of carboxylic acid groups (broad SMARTS) is 1. The van der Waals surface area contributed by atoms with Gasteiger partial charge < -0.3 is 10.2 Å². The Morgan fingerprint density at radius 1 is 1.05 bits per heavy atom. The fraction of sp³-hybridized carbons (Fsp3) is 0.314. The molecule has 1 saturated carbocycles. The number of carboxylic acids is 1. The Bertz CT molecular complexity index is 1510. The number of aromatic nitrogens is 1. The summed E-state index contributed by atoms with van der Waals surface area (Å²) < 4.78 is 0. The molecule has 1 atom stereocenters. The molecule has 4 nitrogen and oxygen atoms in total. The van der Waals surface area contributed by atoms with Crippen molar-refractivity contribution in [1.82, 2.24) is 4.98 Å². The van der Waals surface area contributed by atoms with E-state index in [9.17, 15) is 5.11 Å². The number of aliphatic hydroxyl groups is 1. The van der Waals surface area contributed by atoms with Crippen LogP contribution in [0.25, 0.3) is 23.1 Å². The first-order chi connectivity index (χ1) is 19.6. The minimum absolute atomic E-state index is 0. The topological polar surface area (TPSA) is 70.4 Å². The van der Waals surface area contributed by atoms with Gasteiger partial charge in [0.15, 0.2) is 0 Å². The van der Waals surface area contributed by atoms with Gasteiger partial charge in [0.25, 0.3) is 5.97 Å². The molecule has 4 aromatic rings. The first-order valence-electron chi connectivity index (χ1n) is 14.0. The molecular weight excluding hydrogens is 573 g/mol. The molecule has 1 aromatic heterocycles. The van der Waals surface area contributed by atoms with E-state index in [1.54, 1.807) is 0 Å². The summed E-state index contributed by atoms with van der Waals surface area (Å²) in [5, 5.41) is 20.1. The molecule has 1 heterocycles. The third-order valence-corrected chi connectivity index (χ3v) is 8.50. The second-order valence-corrected chi connectivity index (χ2v) is 12.7. The van der Waals surface area contributed by atoms with Crippen LogP contribution in [0.5, 0.6) is 0 Å². The molecule has 0 bridgehead atoms. The van der Waals surface area contributed by atoms with Gasteiger partial charge in [-0.15, -0.1) is 0 Å². The Labute approximate surface area is 280 Å². The summed E-state index contributed by atoms with van der Waals surface area (Å²) in [5.41, 5.74) is 5.56. The molecule has 215 valence electrons. The van der Waals surface area contributed by atoms with Crippen LogP contribution in [0.3, 0.4) is 0 Å². The predicted molar refractivity (Wildman–Crippen MR) is 179 cm³/mol. The van der Waals surface area contributed by atoms with Crippen LogP contribution in [-0.2, 0) is 10.4 Å². The van der Waals surface area contributed by atoms with E-state index in [0.717, 1.165) is 52.7 Å². The minimum atomic E-state index is -0.891. The molecule has 0 amide bonds. The van der Waals surface area contributed by atoms with Crippen molar-refractivity contribution in [2.24, 2.45) is 5.92 Å². The van der Waals surface area contributed by atoms with Crippen molar-refractivity contribution in [3.05, 3.63) is 112 Å². The van der Waals surface area contributed by atoms with Gasteiger partial charge in [0.2, 0.25) is 0 Å². The van der Waals surface area contributed by atoms with Crippen LogP contribution < -0.4 is 0 Å². The first kappa shape index (κ1) is 34.4. The number of aliphatic carboxylic acids is 1. The molecule has 1 radical (unpaired) electrons. The maximum Gasteiger partial charge on any atom is 0.300 e. The molecule has 42 heavy (non-hydrogen) atoms. The van der Waals surface area contributed by atoms with Gasteiger partial charge in [-0.2, -0.15) is 11.8 Å². The Kier molecular flexibility index (Phi) is 13.2. The van der Waals surface area contributed by atoms with E-state index >= 15 is 0 Å². The molecule has 7 heteroatoms. The quantitative estimate of drug-likeness (QED) is 0.139. The SMILES string of the molecule is CC(=O)O.CC(C)(O)c1ccccc1C(CCSCC1CC1)c1cccc(C=Cc2ccc3ccc(Cl)cc3n2)c1.[Na]. The Morgan fingerprint density at radius 3 is 2.48 bits per heavy atom. The van der Waals surface area contributed by atoms with Gasteiger partial charge in [-0.1, -0.05) is 78.3 Å². The van der Waals surface area contributed by atoms with E-state index in [0.29, 0.717) is 5.02 Å². The second-order valence-electron chi connectivity index (χ2n) is 11.1. The summed E-state index contributed by atoms with van der Waals surface area (Å²) in [7, 11) is 0. The average Bonchev–Trinajstić information content (AvgIpc) is 3.76. The van der Waals surface area contributed by atoms with E-state index in [1.807, 2.05) is 44.2 Å². The average molecular weight is 611 g/mol. The summed E-state index contributed by atoms with van der Waals surface area (Å²) in [6, 6.07) is 27.1. The van der Waals surface area contributed by atoms with Crippen LogP contribution in [0, 0.1) is 5.92 Å². The standard InChI is InChI=1S/C33H34ClNOS.C2H4O2.Na/c1-33(2,36)31-9-4-3-8-30(31)29(18-19-37-22-24-10-11-24)26-7-5-6-23(20-26)12-16-28-17-14-25-13-15-27(34)21-32(25)35-28;1-2(3)4;/h3-9,12-17,20-21,24,29,36H,10-11,18-19,22H2,1-2H3;1H3,(H,3,4);. The van der Waals surface area contributed by atoms with Crippen molar-refractivity contribution in [1.29, 1.82) is 0 Å². The smallest absolute Gasteiger partial charge is 0.300 e. The second kappa shape index (κ2) is 16.1. The molecule has 2 N–H and O–H groups in total. The van der Waals surface area contributed by atoms with Gasteiger partial charge >= 0.3 is 0 Å². The molecule has 0 spiro atoms. The summed E-state index contributed by atoms with van der Waals surface area (Å²) in [5.74, 6) is 2.71. The Morgan fingerprint density at radius 2 is 1.76 bits per heavy atom. The maximum atomic E-state index is 10.9. The monoisotopic (exact) mass is 610 g/mol. The van der Waals surface area contributed by atoms with E-state index < -0.39 is 11.6 Å². The third kappa shape index (κ3) is 10.6. The van der Waals surface area contributed by atoms with Crippen LogP contribution in [0.1, 0.15) is 73.9 Å². The summed E-state index contributed by atoms with van der Waals surface area (Å²) >= 11 is 8.24. The molecule has 1 aliphatic carbocycles. The normalized spacial score (nSPS) is 13.7. The minimum Gasteiger partial charge on any atom is -0.481 e. The largest absolute Gasteiger partial charge is 0.481 e. The molecule has 0 aliphatic heterocycles. The van der Waals surface area contributed by atoms with Crippen molar-refractivity contribution >= 4 is 81.9 Å². The van der Waals surface area contributed by atoms with Crippen LogP contribution in [-0.4, -0.2) is 62.2 Å². The number of rotatable bonds is 10. The Balaban J connectivity index is 0.000000911. The number of fused-ring (bicyclic) bond motifs is 1. The number of pyridine rings is 1. The van der Waals surface area contributed by atoms with Gasteiger partial charge in [0.1, 0.15) is 0 Å². The van der Waals surface area contributed by atoms with Crippen molar-refractivity contribution in [3.63, 3.8) is 0 Å². The molecule has 1 aliphatic rings. The van der Waals surface area contributed by atoms with Crippen LogP contribution in [0.4, 0.5) is 0 Å². The van der Waals surface area contributed by atoms with Gasteiger partial charge in [-0.05, 0) is 97.1 Å². The van der Waals surface area contributed by atoms with Gasteiger partial charge in [-0.3, -0.25) is 4.79 Å². The zero-order valence-corrected chi connectivity index (χ0v) is 28.5. The van der Waals surface area contributed by atoms with Crippen molar-refractivity contribution in [3.8, 4) is 0 Å². The van der Waals surface area contributed by atoms with E-state index in [1.165, 1.54) is 29.7 Å². The first-order valence-corrected chi connectivity index (χ1v) is 15.6. The fourth-order valence-corrected chi connectivity index (χ4v) is 6.26. The van der Waals surface area contributed by atoms with Gasteiger partial charge in [-0.25, -0.2) is 4.98 Å². The number of halogens is 1. The van der Waals surface area contributed by atoms with Crippen molar-refractivity contribution in [2.45, 2.75) is 51.6 Å². The van der Waals surface area contributed by atoms with E-state index in [-0.39, 0.29) is 35.5 Å². The number of carbonyl (C=O) groups is 1. The van der Waals surface area contributed by atoms with Crippen LogP contribution >= 0.6 is 23.4 Å². The number of nitrogens with zero attached hydrogens (tertiary/aromatic N) is 1. The Hall–Kier alpha value is -2.12. The number of hydrogen-bond donors (Lipinski definition) is 2. The van der Waals surface area contributed by atoms with Gasteiger partial charge in [0.05, 0.1) is 16.8 Å². The van der Waals surface area contributed by atoms with Crippen LogP contribution in [0.2, 0.25) is 5.02 Å². The summed E-state index contributed by atoms with van der Waals surface area (Å²) in [6.07, 6.45) is 8.02. The molecule has 1 unspecified atom stereocenters. The molecule has 1 fully saturated rings. The van der Waals surface area contributed by atoms with Crippen molar-refractivity contribution in [2.75, 3.05) is 11.5 Å².